The van der Waals surface area contributed by atoms with Crippen LogP contribution in [0, 0.1) is 11.3 Å². The Labute approximate surface area is 224 Å². The van der Waals surface area contributed by atoms with Crippen molar-refractivity contribution < 1.29 is 18.9 Å². The van der Waals surface area contributed by atoms with Crippen molar-refractivity contribution in [1.82, 2.24) is 9.88 Å². The number of anilines is 1. The largest absolute Gasteiger partial charge is 0.433 e. The van der Waals surface area contributed by atoms with Crippen molar-refractivity contribution in [3.63, 3.8) is 0 Å². The van der Waals surface area contributed by atoms with Crippen molar-refractivity contribution in [2.75, 3.05) is 24.7 Å². The molecule has 0 N–H and O–H groups in total. The number of Topliss-reactive ketones (excluding diaryl/α,β-unsaturated/α-hetero) is 1. The third-order valence-electron chi connectivity index (χ3n) is 8.46. The zero-order chi connectivity index (χ0) is 26.7. The molecule has 8 nitrogen and oxygen atoms in total. The van der Waals surface area contributed by atoms with E-state index in [0.29, 0.717) is 36.2 Å². The van der Waals surface area contributed by atoms with Gasteiger partial charge in [0.15, 0.2) is 12.1 Å². The van der Waals surface area contributed by atoms with Crippen molar-refractivity contribution in [1.29, 1.82) is 5.26 Å². The third-order valence-corrected chi connectivity index (χ3v) is 8.46. The first kappa shape index (κ1) is 23.4. The first-order valence-corrected chi connectivity index (χ1v) is 12.9. The molecule has 2 bridgehead atoms. The van der Waals surface area contributed by atoms with Crippen LogP contribution in [0.15, 0.2) is 91.1 Å². The maximum absolute atomic E-state index is 14.5. The molecule has 1 spiro atoms. The molecular weight excluding hydrogens is 490 g/mol. The second kappa shape index (κ2) is 8.67. The van der Waals surface area contributed by atoms with Crippen LogP contribution in [0.2, 0.25) is 0 Å². The number of imide groups is 1. The lowest BCUT2D eigenvalue weighted by Gasteiger charge is -2.34. The average molecular weight is 515 g/mol. The van der Waals surface area contributed by atoms with E-state index in [-0.39, 0.29) is 21.9 Å². The number of carbonyl (C=O) groups excluding carboxylic acids is 3. The van der Waals surface area contributed by atoms with Crippen LogP contribution in [0.4, 0.5) is 10.5 Å². The highest BCUT2D eigenvalue weighted by Gasteiger charge is 2.74. The zero-order valence-electron chi connectivity index (χ0n) is 21.0. The Morgan fingerprint density at radius 3 is 2.15 bits per heavy atom. The van der Waals surface area contributed by atoms with E-state index >= 15 is 0 Å². The number of pyridine rings is 1. The molecule has 4 atom stereocenters. The molecule has 4 aromatic rings. The molecule has 0 radical (unpaired) electrons. The van der Waals surface area contributed by atoms with E-state index in [2.05, 4.69) is 16.0 Å². The first-order valence-electron chi connectivity index (χ1n) is 12.9. The number of carbonyl (C=O) groups is 3. The van der Waals surface area contributed by atoms with E-state index in [4.69, 9.17) is 0 Å². The molecule has 3 fully saturated rings. The van der Waals surface area contributed by atoms with Crippen molar-refractivity contribution >= 4 is 34.2 Å². The summed E-state index contributed by atoms with van der Waals surface area (Å²) in [5.74, 6) is -0.946. The van der Waals surface area contributed by atoms with E-state index < -0.39 is 24.0 Å². The number of nitriles is 1. The van der Waals surface area contributed by atoms with Crippen molar-refractivity contribution in [2.45, 2.75) is 18.0 Å². The van der Waals surface area contributed by atoms with Gasteiger partial charge in [-0.1, -0.05) is 84.9 Å². The van der Waals surface area contributed by atoms with Crippen LogP contribution >= 0.6 is 0 Å². The number of nitrogens with zero attached hydrogens (tertiary/aromatic N) is 5. The van der Waals surface area contributed by atoms with Gasteiger partial charge in [0, 0.05) is 10.8 Å². The second-order valence-corrected chi connectivity index (χ2v) is 10.4. The maximum Gasteiger partial charge on any atom is 0.433 e. The summed E-state index contributed by atoms with van der Waals surface area (Å²) >= 11 is 0. The van der Waals surface area contributed by atoms with Gasteiger partial charge >= 0.3 is 6.03 Å². The van der Waals surface area contributed by atoms with E-state index in [9.17, 15) is 19.6 Å². The SMILES string of the molecule is N#Cc1ncc(N2C(=O)C3CN4CC(C(=O)C(c5ccccc5)c5ccccc5)[N+]3(C4)C2=O)c2ccccc12. The van der Waals surface area contributed by atoms with Gasteiger partial charge in [0.2, 0.25) is 5.78 Å². The zero-order valence-corrected chi connectivity index (χ0v) is 21.0. The van der Waals surface area contributed by atoms with Crippen LogP contribution in [0.3, 0.4) is 0 Å². The summed E-state index contributed by atoms with van der Waals surface area (Å²) < 4.78 is -0.220. The summed E-state index contributed by atoms with van der Waals surface area (Å²) in [4.78, 5) is 50.3. The number of hydrogen-bond acceptors (Lipinski definition) is 6. The van der Waals surface area contributed by atoms with Crippen molar-refractivity contribution in [2.24, 2.45) is 0 Å². The number of urea groups is 1. The van der Waals surface area contributed by atoms with Crippen molar-refractivity contribution in [3.8, 4) is 6.07 Å². The number of quaternary nitrogens is 1. The van der Waals surface area contributed by atoms with Crippen LogP contribution in [0.1, 0.15) is 22.7 Å². The molecule has 3 saturated heterocycles. The van der Waals surface area contributed by atoms with Gasteiger partial charge in [0.25, 0.3) is 5.91 Å². The lowest BCUT2D eigenvalue weighted by Crippen LogP contribution is -2.63. The highest BCUT2D eigenvalue weighted by molar-refractivity contribution is 6.22. The molecule has 0 aliphatic carbocycles. The highest BCUT2D eigenvalue weighted by Crippen LogP contribution is 2.46. The Morgan fingerprint density at radius 2 is 1.51 bits per heavy atom. The number of amides is 3. The van der Waals surface area contributed by atoms with Crippen molar-refractivity contribution in [3.05, 3.63) is 108 Å². The van der Waals surface area contributed by atoms with Crippen LogP contribution in [-0.4, -0.2) is 63.9 Å². The molecule has 0 saturated carbocycles. The maximum atomic E-state index is 14.5. The van der Waals surface area contributed by atoms with E-state index in [1.54, 1.807) is 24.3 Å². The Balaban J connectivity index is 1.33. The molecule has 7 rings (SSSR count). The number of benzene rings is 3. The van der Waals surface area contributed by atoms with E-state index in [1.807, 2.05) is 60.7 Å². The van der Waals surface area contributed by atoms with Gasteiger partial charge in [-0.15, -0.1) is 0 Å². The third kappa shape index (κ3) is 3.24. The Morgan fingerprint density at radius 1 is 0.897 bits per heavy atom. The minimum atomic E-state index is -0.687. The fourth-order valence-corrected chi connectivity index (χ4v) is 6.74. The Bertz CT molecular complexity index is 1660. The Kier molecular flexibility index (Phi) is 5.20. The van der Waals surface area contributed by atoms with Crippen LogP contribution in [-0.2, 0) is 9.59 Å². The minimum absolute atomic E-state index is 0.0644. The van der Waals surface area contributed by atoms with E-state index in [1.165, 1.54) is 11.1 Å². The van der Waals surface area contributed by atoms with Gasteiger partial charge in [-0.25, -0.2) is 19.2 Å². The molecule has 39 heavy (non-hydrogen) atoms. The van der Waals surface area contributed by atoms with Crippen LogP contribution in [0.5, 0.6) is 0 Å². The van der Waals surface area contributed by atoms with Gasteiger partial charge in [-0.2, -0.15) is 10.2 Å². The smallest absolute Gasteiger partial charge is 0.292 e. The number of fused-ring (bicyclic) bond motifs is 2. The number of rotatable bonds is 5. The summed E-state index contributed by atoms with van der Waals surface area (Å²) in [7, 11) is 0. The quantitative estimate of drug-likeness (QED) is 0.297. The van der Waals surface area contributed by atoms with Gasteiger partial charge in [0.05, 0.1) is 30.9 Å². The fourth-order valence-electron chi connectivity index (χ4n) is 6.74. The summed E-state index contributed by atoms with van der Waals surface area (Å²) in [6.07, 6.45) is 1.43. The average Bonchev–Trinajstić information content (AvgIpc) is 3.62. The predicted molar refractivity (Wildman–Crippen MR) is 143 cm³/mol. The highest BCUT2D eigenvalue weighted by atomic mass is 16.2. The Hall–Kier alpha value is -4.71. The van der Waals surface area contributed by atoms with Gasteiger partial charge in [0.1, 0.15) is 18.4 Å². The predicted octanol–water partition coefficient (Wildman–Crippen LogP) is 3.81. The lowest BCUT2D eigenvalue weighted by atomic mass is 9.83. The number of aromatic nitrogens is 1. The van der Waals surface area contributed by atoms with Crippen LogP contribution in [0.25, 0.3) is 10.8 Å². The number of ketones is 1. The second-order valence-electron chi connectivity index (χ2n) is 10.4. The number of hydrogen-bond donors (Lipinski definition) is 0. The molecule has 4 heterocycles. The minimum Gasteiger partial charge on any atom is -0.292 e. The molecule has 3 amide bonds. The first-order chi connectivity index (χ1) is 19.0. The molecular formula is C31H24N5O3+. The van der Waals surface area contributed by atoms with Crippen LogP contribution < -0.4 is 4.90 Å². The molecule has 1 aromatic heterocycles. The van der Waals surface area contributed by atoms with E-state index in [0.717, 1.165) is 11.1 Å². The summed E-state index contributed by atoms with van der Waals surface area (Å²) in [5, 5.41) is 10.7. The molecule has 190 valence electrons. The monoisotopic (exact) mass is 514 g/mol. The fraction of sp³-hybridized carbons (Fsp3) is 0.194. The summed E-state index contributed by atoms with van der Waals surface area (Å²) in [6.45, 7) is 1.17. The number of piperazine rings is 1. The molecule has 3 aromatic carbocycles. The lowest BCUT2D eigenvalue weighted by molar-refractivity contribution is -0.853. The molecule has 4 unspecified atom stereocenters. The topological polar surface area (TPSA) is 94.4 Å². The standard InChI is InChI=1S/C31H24N5O3/c32-15-24-22-13-7-8-14-23(22)25(16-33-24)35-30(38)27-18-34-17-26(36(27,19-34)31(35)39)29(37)28(20-9-3-1-4-10-20)21-11-5-2-6-12-21/h1-14,16,26-28H,17-19H2/q+1. The molecule has 3 aliphatic heterocycles. The van der Waals surface area contributed by atoms with Gasteiger partial charge in [-0.3, -0.25) is 9.59 Å². The van der Waals surface area contributed by atoms with Gasteiger partial charge in [-0.05, 0) is 11.1 Å². The summed E-state index contributed by atoms with van der Waals surface area (Å²) in [5.41, 5.74) is 2.31. The molecule has 8 heteroatoms. The summed E-state index contributed by atoms with van der Waals surface area (Å²) in [6, 6.07) is 26.7. The molecule has 3 aliphatic rings. The normalized spacial score (nSPS) is 25.3. The van der Waals surface area contributed by atoms with Gasteiger partial charge < -0.3 is 0 Å².